The van der Waals surface area contributed by atoms with Crippen LogP contribution < -0.4 is 5.14 Å². The van der Waals surface area contributed by atoms with Crippen molar-refractivity contribution in [3.8, 4) is 5.75 Å². The first kappa shape index (κ1) is 13.2. The van der Waals surface area contributed by atoms with Gasteiger partial charge in [0.2, 0.25) is 5.75 Å². The topological polar surface area (TPSA) is 136 Å². The average Bonchev–Trinajstić information content (AvgIpc) is 2.14. The summed E-state index contributed by atoms with van der Waals surface area (Å²) in [5.41, 5.74) is -1.20. The molecule has 0 unspecified atom stereocenters. The number of rotatable bonds is 3. The molecule has 0 bridgehead atoms. The number of nitrogens with two attached hydrogens (primary N) is 1. The van der Waals surface area contributed by atoms with Crippen LogP contribution in [0.1, 0.15) is 12.0 Å². The minimum absolute atomic E-state index is 0.246. The molecule has 1 rings (SSSR count). The molecule has 8 nitrogen and oxygen atoms in total. The fraction of sp³-hybridized carbons (Fsp3) is 0.167. The second kappa shape index (κ2) is 4.18. The van der Waals surface area contributed by atoms with Crippen LogP contribution in [0.5, 0.6) is 5.75 Å². The second-order valence-electron chi connectivity index (χ2n) is 2.83. The van der Waals surface area contributed by atoms with E-state index in [0.717, 1.165) is 0 Å². The molecule has 0 aliphatic carbocycles. The Morgan fingerprint density at radius 3 is 2.41 bits per heavy atom. The van der Waals surface area contributed by atoms with Crippen molar-refractivity contribution in [2.24, 2.45) is 5.14 Å². The minimum atomic E-state index is -4.66. The van der Waals surface area contributed by atoms with Crippen molar-refractivity contribution in [3.63, 3.8) is 0 Å². The highest BCUT2D eigenvalue weighted by Crippen LogP contribution is 2.32. The molecule has 11 heteroatoms. The Labute approximate surface area is 92.9 Å². The summed E-state index contributed by atoms with van der Waals surface area (Å²) >= 11 is 0. The van der Waals surface area contributed by atoms with E-state index in [1.165, 1.54) is 0 Å². The van der Waals surface area contributed by atoms with E-state index >= 15 is 0 Å². The Morgan fingerprint density at radius 2 is 2.06 bits per heavy atom. The molecule has 0 fully saturated rings. The van der Waals surface area contributed by atoms with Crippen LogP contribution in [0.3, 0.4) is 0 Å². The van der Waals surface area contributed by atoms with Gasteiger partial charge in [0.1, 0.15) is 0 Å². The van der Waals surface area contributed by atoms with Crippen molar-refractivity contribution in [1.29, 1.82) is 0 Å². The highest BCUT2D eigenvalue weighted by Gasteiger charge is 2.32. The third-order valence-corrected chi connectivity index (χ3v) is 2.52. The zero-order chi connectivity index (χ0) is 13.4. The molecule has 0 amide bonds. The number of nitro groups is 1. The number of pyridine rings is 1. The summed E-state index contributed by atoms with van der Waals surface area (Å²) in [7, 11) is -4.66. The van der Waals surface area contributed by atoms with Crippen LogP contribution in [-0.2, 0) is 10.0 Å². The lowest BCUT2D eigenvalue weighted by Crippen LogP contribution is -2.17. The fourth-order valence-electron chi connectivity index (χ4n) is 1.01. The normalized spacial score (nSPS) is 11.8. The van der Waals surface area contributed by atoms with Crippen LogP contribution in [-0.4, -0.2) is 23.4 Å². The molecule has 3 N–H and O–H groups in total. The molecule has 1 aromatic rings. The van der Waals surface area contributed by atoms with E-state index in [1.807, 2.05) is 0 Å². The highest BCUT2D eigenvalue weighted by molar-refractivity contribution is 7.89. The lowest BCUT2D eigenvalue weighted by atomic mass is 10.3. The van der Waals surface area contributed by atoms with Crippen LogP contribution in [0, 0.1) is 10.1 Å². The molecule has 1 aromatic heterocycles. The second-order valence-corrected chi connectivity index (χ2v) is 4.31. The van der Waals surface area contributed by atoms with E-state index in [-0.39, 0.29) is 6.07 Å². The Morgan fingerprint density at radius 1 is 1.53 bits per heavy atom. The molecular weight excluding hydrogens is 264 g/mol. The van der Waals surface area contributed by atoms with Gasteiger partial charge in [0.25, 0.3) is 21.5 Å². The quantitative estimate of drug-likeness (QED) is 0.597. The Balaban J connectivity index is 3.66. The van der Waals surface area contributed by atoms with Crippen molar-refractivity contribution in [1.82, 2.24) is 4.98 Å². The van der Waals surface area contributed by atoms with E-state index in [4.69, 9.17) is 5.11 Å². The zero-order valence-corrected chi connectivity index (χ0v) is 8.69. The largest absolute Gasteiger partial charge is 0.501 e. The maximum absolute atomic E-state index is 12.4. The average molecular weight is 269 g/mol. The van der Waals surface area contributed by atoms with Gasteiger partial charge >= 0.3 is 5.82 Å². The molecular formula is C6H5F2N3O5S. The summed E-state index contributed by atoms with van der Waals surface area (Å²) in [5, 5.41) is 22.6. The van der Waals surface area contributed by atoms with Crippen LogP contribution in [0.25, 0.3) is 0 Å². The molecule has 0 aliphatic rings. The van der Waals surface area contributed by atoms with Gasteiger partial charge in [-0.25, -0.2) is 22.3 Å². The van der Waals surface area contributed by atoms with Gasteiger partial charge in [-0.1, -0.05) is 0 Å². The van der Waals surface area contributed by atoms with Gasteiger partial charge in [-0.05, 0) is 9.91 Å². The minimum Gasteiger partial charge on any atom is -0.501 e. The van der Waals surface area contributed by atoms with E-state index < -0.39 is 43.5 Å². The highest BCUT2D eigenvalue weighted by atomic mass is 32.2. The van der Waals surface area contributed by atoms with Gasteiger partial charge in [-0.3, -0.25) is 0 Å². The van der Waals surface area contributed by atoms with Crippen molar-refractivity contribution < 1.29 is 27.2 Å². The molecule has 94 valence electrons. The smallest absolute Gasteiger partial charge is 0.407 e. The zero-order valence-electron chi connectivity index (χ0n) is 7.87. The van der Waals surface area contributed by atoms with Crippen LogP contribution in [0.15, 0.2) is 11.1 Å². The van der Waals surface area contributed by atoms with Crippen molar-refractivity contribution >= 4 is 15.8 Å². The molecule has 0 saturated carbocycles. The first-order chi connectivity index (χ1) is 7.64. The summed E-state index contributed by atoms with van der Waals surface area (Å²) in [6, 6.07) is 0.246. The monoisotopic (exact) mass is 269 g/mol. The summed E-state index contributed by atoms with van der Waals surface area (Å²) < 4.78 is 46.7. The molecule has 0 saturated heterocycles. The summed E-state index contributed by atoms with van der Waals surface area (Å²) in [6.07, 6.45) is -3.30. The van der Waals surface area contributed by atoms with Gasteiger partial charge in [0.05, 0.1) is 5.56 Å². The standard InChI is InChI=1S/C6H5F2N3O5S/c7-4(8)2-1-3(12)5(11(13)14)10-6(2)17(9,15)16/h1,4,12H,(H2,9,15,16). The molecule has 17 heavy (non-hydrogen) atoms. The number of aromatic hydroxyl groups is 1. The Bertz CT molecular complexity index is 573. The van der Waals surface area contributed by atoms with Crippen molar-refractivity contribution in [2.45, 2.75) is 11.5 Å². The molecule has 0 aliphatic heterocycles. The van der Waals surface area contributed by atoms with E-state index in [9.17, 15) is 27.3 Å². The predicted molar refractivity (Wildman–Crippen MR) is 48.9 cm³/mol. The van der Waals surface area contributed by atoms with Crippen LogP contribution in [0.2, 0.25) is 0 Å². The molecule has 0 radical (unpaired) electrons. The Hall–Kier alpha value is -1.88. The van der Waals surface area contributed by atoms with Crippen LogP contribution >= 0.6 is 0 Å². The van der Waals surface area contributed by atoms with Gasteiger partial charge in [0, 0.05) is 6.07 Å². The summed E-state index contributed by atoms with van der Waals surface area (Å²) in [5.74, 6) is -2.43. The van der Waals surface area contributed by atoms with Crippen molar-refractivity contribution in [2.75, 3.05) is 0 Å². The van der Waals surface area contributed by atoms with E-state index in [2.05, 4.69) is 10.1 Å². The van der Waals surface area contributed by atoms with Gasteiger partial charge in [-0.2, -0.15) is 0 Å². The third-order valence-electron chi connectivity index (χ3n) is 1.65. The van der Waals surface area contributed by atoms with E-state index in [1.54, 1.807) is 0 Å². The molecule has 0 atom stereocenters. The summed E-state index contributed by atoms with van der Waals surface area (Å²) in [6.45, 7) is 0. The number of alkyl halides is 2. The number of sulfonamides is 1. The maximum atomic E-state index is 12.4. The number of nitrogens with zero attached hydrogens (tertiary/aromatic N) is 2. The number of aromatic nitrogens is 1. The molecule has 1 heterocycles. The van der Waals surface area contributed by atoms with E-state index in [0.29, 0.717) is 0 Å². The lowest BCUT2D eigenvalue weighted by Gasteiger charge is -2.03. The number of hydrogen-bond acceptors (Lipinski definition) is 6. The number of halogens is 2. The number of hydrogen-bond donors (Lipinski definition) is 2. The maximum Gasteiger partial charge on any atom is 0.407 e. The van der Waals surface area contributed by atoms with Gasteiger partial charge in [0.15, 0.2) is 0 Å². The lowest BCUT2D eigenvalue weighted by molar-refractivity contribution is -0.391. The Kier molecular flexibility index (Phi) is 3.24. The predicted octanol–water partition coefficient (Wildman–Crippen LogP) is 0.280. The first-order valence-electron chi connectivity index (χ1n) is 3.84. The first-order valence-corrected chi connectivity index (χ1v) is 5.38. The SMILES string of the molecule is NS(=O)(=O)c1nc([N+](=O)[O-])c(O)cc1C(F)F. The van der Waals surface area contributed by atoms with Gasteiger partial charge < -0.3 is 15.2 Å². The van der Waals surface area contributed by atoms with Crippen LogP contribution in [0.4, 0.5) is 14.6 Å². The third kappa shape index (κ3) is 2.62. The molecule has 0 aromatic carbocycles. The number of primary sulfonamides is 1. The van der Waals surface area contributed by atoms with Crippen molar-refractivity contribution in [3.05, 3.63) is 21.7 Å². The fourth-order valence-corrected chi connectivity index (χ4v) is 1.70. The molecule has 0 spiro atoms. The van der Waals surface area contributed by atoms with Gasteiger partial charge in [-0.15, -0.1) is 0 Å². The summed E-state index contributed by atoms with van der Waals surface area (Å²) in [4.78, 5) is 11.9.